The van der Waals surface area contributed by atoms with E-state index in [0.717, 1.165) is 16.8 Å². The van der Waals surface area contributed by atoms with Gasteiger partial charge in [-0.25, -0.2) is 4.39 Å². The number of nitrogens with zero attached hydrogens (tertiary/aromatic N) is 3. The van der Waals surface area contributed by atoms with Gasteiger partial charge < -0.3 is 24.7 Å². The molecule has 1 fully saturated rings. The van der Waals surface area contributed by atoms with Gasteiger partial charge >= 0.3 is 0 Å². The Morgan fingerprint density at radius 3 is 2.42 bits per heavy atom. The van der Waals surface area contributed by atoms with Gasteiger partial charge in [0.25, 0.3) is 11.8 Å². The zero-order chi connectivity index (χ0) is 30.9. The number of carbonyl (C=O) groups excluding carboxylic acids is 2. The monoisotopic (exact) mass is 589 g/mol. The van der Waals surface area contributed by atoms with Crippen molar-refractivity contribution in [3.05, 3.63) is 106 Å². The Balaban J connectivity index is 0.00000102. The number of ether oxygens (including phenoxy) is 2. The van der Waals surface area contributed by atoms with Gasteiger partial charge in [-0.3, -0.25) is 14.3 Å². The Bertz CT molecular complexity index is 1490. The molecule has 2 aliphatic heterocycles. The number of benzene rings is 2. The minimum atomic E-state index is -0.460. The molecular formula is C33H40FN5O4. The number of halogens is 1. The molecule has 4 aromatic rings. The lowest BCUT2D eigenvalue weighted by molar-refractivity contribution is -0.0440. The molecule has 1 atom stereocenters. The highest BCUT2D eigenvalue weighted by Crippen LogP contribution is 2.33. The average molecular weight is 590 g/mol. The number of rotatable bonds is 6. The van der Waals surface area contributed by atoms with Crippen molar-refractivity contribution in [3.63, 3.8) is 0 Å². The van der Waals surface area contributed by atoms with Gasteiger partial charge in [0.2, 0.25) is 0 Å². The van der Waals surface area contributed by atoms with Gasteiger partial charge in [-0.15, -0.1) is 0 Å². The number of hydrogen-bond acceptors (Lipinski definition) is 5. The van der Waals surface area contributed by atoms with Crippen LogP contribution in [-0.4, -0.2) is 51.2 Å². The Hall–Kier alpha value is -4.28. The van der Waals surface area contributed by atoms with Crippen molar-refractivity contribution in [2.75, 3.05) is 25.1 Å². The number of amides is 2. The van der Waals surface area contributed by atoms with Gasteiger partial charge in [-0.1, -0.05) is 58.9 Å². The molecule has 2 aromatic carbocycles. The zero-order valence-electron chi connectivity index (χ0n) is 25.4. The van der Waals surface area contributed by atoms with Crippen LogP contribution in [-0.2, 0) is 22.6 Å². The normalized spacial score (nSPS) is 16.0. The predicted molar refractivity (Wildman–Crippen MR) is 163 cm³/mol. The van der Waals surface area contributed by atoms with Gasteiger partial charge in [0.15, 0.2) is 12.0 Å². The third-order valence-corrected chi connectivity index (χ3v) is 7.02. The minimum absolute atomic E-state index is 0.0813. The predicted octanol–water partition coefficient (Wildman–Crippen LogP) is 6.51. The second kappa shape index (κ2) is 14.8. The topological polar surface area (TPSA) is 101 Å². The van der Waals surface area contributed by atoms with E-state index in [-0.39, 0.29) is 35.8 Å². The zero-order valence-corrected chi connectivity index (χ0v) is 25.4. The first-order valence-corrected chi connectivity index (χ1v) is 14.9. The standard InChI is InChI=1S/C29H28FN5O4.2C2H6/c1-18-15-34(28(37)24-6-3-11-31-24)17-23-25(33-35(26(18)23)16-19-7-9-21(30)10-8-19)27(36)32-22-5-2-4-20(14-22)29-38-12-13-39-29;2*1-2/h2-11,14,18,29,31H,12-13,15-17H2,1H3,(H,32,36);2*1-2H3. The fourth-order valence-corrected chi connectivity index (χ4v) is 5.25. The number of aromatic amines is 1. The molecule has 0 aliphatic carbocycles. The van der Waals surface area contributed by atoms with Crippen molar-refractivity contribution in [1.82, 2.24) is 19.7 Å². The molecule has 10 heteroatoms. The van der Waals surface area contributed by atoms with Crippen LogP contribution < -0.4 is 5.32 Å². The number of anilines is 1. The third kappa shape index (κ3) is 7.21. The summed E-state index contributed by atoms with van der Waals surface area (Å²) in [5.41, 5.74) is 4.58. The van der Waals surface area contributed by atoms with Crippen molar-refractivity contribution in [1.29, 1.82) is 0 Å². The maximum atomic E-state index is 13.6. The van der Waals surface area contributed by atoms with E-state index >= 15 is 0 Å². The van der Waals surface area contributed by atoms with Crippen LogP contribution in [0.1, 0.15) is 90.2 Å². The van der Waals surface area contributed by atoms with Crippen LogP contribution >= 0.6 is 0 Å². The van der Waals surface area contributed by atoms with E-state index < -0.39 is 6.29 Å². The third-order valence-electron chi connectivity index (χ3n) is 7.02. The number of nitrogens with one attached hydrogen (secondary N) is 2. The molecule has 43 heavy (non-hydrogen) atoms. The second-order valence-electron chi connectivity index (χ2n) is 9.82. The van der Waals surface area contributed by atoms with Crippen molar-refractivity contribution in [2.45, 2.75) is 59.9 Å². The molecule has 2 amide bonds. The summed E-state index contributed by atoms with van der Waals surface area (Å²) < 4.78 is 26.5. The molecule has 9 nitrogen and oxygen atoms in total. The van der Waals surface area contributed by atoms with E-state index in [1.54, 1.807) is 46.1 Å². The van der Waals surface area contributed by atoms with E-state index in [9.17, 15) is 14.0 Å². The summed E-state index contributed by atoms with van der Waals surface area (Å²) in [6.07, 6.45) is 1.25. The highest BCUT2D eigenvalue weighted by Gasteiger charge is 2.34. The first kappa shape index (κ1) is 31.7. The Kier molecular flexibility index (Phi) is 10.9. The van der Waals surface area contributed by atoms with Crippen LogP contribution in [0, 0.1) is 5.82 Å². The second-order valence-corrected chi connectivity index (χ2v) is 9.82. The summed E-state index contributed by atoms with van der Waals surface area (Å²) in [7, 11) is 0. The molecule has 2 aliphatic rings. The molecule has 2 aromatic heterocycles. The van der Waals surface area contributed by atoms with Crippen LogP contribution in [0.2, 0.25) is 0 Å². The van der Waals surface area contributed by atoms with Crippen molar-refractivity contribution in [3.8, 4) is 0 Å². The van der Waals surface area contributed by atoms with Crippen molar-refractivity contribution < 1.29 is 23.5 Å². The Labute approximate surface area is 252 Å². The first-order valence-electron chi connectivity index (χ1n) is 14.9. The lowest BCUT2D eigenvalue weighted by Gasteiger charge is -2.32. The van der Waals surface area contributed by atoms with E-state index in [4.69, 9.17) is 14.6 Å². The van der Waals surface area contributed by atoms with Crippen LogP contribution in [0.5, 0.6) is 0 Å². The molecule has 2 N–H and O–H groups in total. The molecule has 1 unspecified atom stereocenters. The highest BCUT2D eigenvalue weighted by molar-refractivity contribution is 6.04. The minimum Gasteiger partial charge on any atom is -0.357 e. The molecule has 0 saturated carbocycles. The molecule has 1 saturated heterocycles. The van der Waals surface area contributed by atoms with Crippen molar-refractivity contribution >= 4 is 17.5 Å². The van der Waals surface area contributed by atoms with Gasteiger partial charge in [0.05, 0.1) is 26.3 Å². The lowest BCUT2D eigenvalue weighted by Crippen LogP contribution is -2.38. The largest absolute Gasteiger partial charge is 0.357 e. The molecule has 6 rings (SSSR count). The van der Waals surface area contributed by atoms with Crippen LogP contribution in [0.25, 0.3) is 0 Å². The molecule has 228 valence electrons. The maximum absolute atomic E-state index is 13.6. The Morgan fingerprint density at radius 1 is 1.02 bits per heavy atom. The number of hydrogen-bond donors (Lipinski definition) is 2. The lowest BCUT2D eigenvalue weighted by atomic mass is 9.95. The van der Waals surface area contributed by atoms with E-state index in [2.05, 4.69) is 10.3 Å². The quantitative estimate of drug-likeness (QED) is 0.267. The highest BCUT2D eigenvalue weighted by atomic mass is 19.1. The first-order chi connectivity index (χ1) is 21.0. The summed E-state index contributed by atoms with van der Waals surface area (Å²) in [4.78, 5) is 31.5. The molecular weight excluding hydrogens is 549 g/mol. The maximum Gasteiger partial charge on any atom is 0.276 e. The smallest absolute Gasteiger partial charge is 0.276 e. The number of H-pyrrole nitrogens is 1. The summed E-state index contributed by atoms with van der Waals surface area (Å²) >= 11 is 0. The summed E-state index contributed by atoms with van der Waals surface area (Å²) in [5, 5.41) is 7.69. The van der Waals surface area contributed by atoms with E-state index in [0.29, 0.717) is 43.2 Å². The molecule has 0 spiro atoms. The van der Waals surface area contributed by atoms with Gasteiger partial charge in [0, 0.05) is 41.2 Å². The van der Waals surface area contributed by atoms with Crippen molar-refractivity contribution in [2.24, 2.45) is 0 Å². The van der Waals surface area contributed by atoms with Gasteiger partial charge in [0.1, 0.15) is 11.5 Å². The summed E-state index contributed by atoms with van der Waals surface area (Å²) in [6, 6.07) is 17.1. The molecule has 4 heterocycles. The number of fused-ring (bicyclic) bond motifs is 1. The summed E-state index contributed by atoms with van der Waals surface area (Å²) in [5.74, 6) is -0.916. The molecule has 0 bridgehead atoms. The molecule has 0 radical (unpaired) electrons. The summed E-state index contributed by atoms with van der Waals surface area (Å²) in [6.45, 7) is 12.2. The van der Waals surface area contributed by atoms with Gasteiger partial charge in [-0.05, 0) is 42.0 Å². The van der Waals surface area contributed by atoms with Crippen LogP contribution in [0.4, 0.5) is 10.1 Å². The van der Waals surface area contributed by atoms with Crippen LogP contribution in [0.3, 0.4) is 0 Å². The average Bonchev–Trinajstić information content (AvgIpc) is 3.83. The van der Waals surface area contributed by atoms with E-state index in [1.807, 2.05) is 52.8 Å². The fourth-order valence-electron chi connectivity index (χ4n) is 5.25. The number of carbonyl (C=O) groups is 2. The van der Waals surface area contributed by atoms with E-state index in [1.165, 1.54) is 12.1 Å². The Morgan fingerprint density at radius 2 is 1.74 bits per heavy atom. The number of aromatic nitrogens is 3. The fraction of sp³-hybridized carbons (Fsp3) is 0.364. The van der Waals surface area contributed by atoms with Gasteiger partial charge in [-0.2, -0.15) is 5.10 Å². The van der Waals surface area contributed by atoms with Crippen LogP contribution in [0.15, 0.2) is 66.9 Å². The SMILES string of the molecule is CC.CC.CC1CN(C(=O)c2ccc[nH]2)Cc2c(C(=O)Nc3cccc(C4OCCO4)c3)nn(Cc3ccc(F)cc3)c21.